The molecular formula is C27H19BClF3N8O2S. The molecule has 0 bridgehead atoms. The van der Waals surface area contributed by atoms with E-state index in [-0.39, 0.29) is 39.5 Å². The molecule has 0 spiro atoms. The van der Waals surface area contributed by atoms with Crippen molar-refractivity contribution in [3.8, 4) is 6.07 Å². The Hall–Kier alpha value is -4.52. The average molecular weight is 623 g/mol. The number of hydrazine groups is 2. The Balaban J connectivity index is 1.43. The van der Waals surface area contributed by atoms with Crippen molar-refractivity contribution < 1.29 is 21.6 Å². The van der Waals surface area contributed by atoms with E-state index in [0.717, 1.165) is 12.3 Å². The Bertz CT molecular complexity index is 1950. The fourth-order valence-electron chi connectivity index (χ4n) is 4.84. The zero-order valence-electron chi connectivity index (χ0n) is 21.9. The van der Waals surface area contributed by atoms with Crippen LogP contribution in [0.4, 0.5) is 30.2 Å². The lowest BCUT2D eigenvalue weighted by Crippen LogP contribution is -2.56. The molecule has 0 amide bonds. The number of pyridine rings is 2. The van der Waals surface area contributed by atoms with Crippen LogP contribution in [-0.2, 0) is 15.3 Å². The summed E-state index contributed by atoms with van der Waals surface area (Å²) in [6, 6.07) is 11.2. The summed E-state index contributed by atoms with van der Waals surface area (Å²) in [5, 5.41) is 18.0. The van der Waals surface area contributed by atoms with Gasteiger partial charge in [0.2, 0.25) is 5.95 Å². The van der Waals surface area contributed by atoms with Crippen LogP contribution >= 0.6 is 11.6 Å². The molecule has 2 aromatic heterocycles. The highest BCUT2D eigenvalue weighted by atomic mass is 35.5. The Morgan fingerprint density at radius 1 is 1.09 bits per heavy atom. The lowest BCUT2D eigenvalue weighted by atomic mass is 9.69. The molecule has 1 unspecified atom stereocenters. The van der Waals surface area contributed by atoms with Gasteiger partial charge in [-0.1, -0.05) is 23.7 Å². The fraction of sp³-hybridized carbons (Fsp3) is 0.148. The summed E-state index contributed by atoms with van der Waals surface area (Å²) in [6.07, 6.45) is 3.98. The monoisotopic (exact) mass is 622 g/mol. The SMILES string of the molecule is [B]C(Nc1cc(Cl)c2ncc(C#N)c(Nc3cnc(F)c(F)c3)c2c1)(C1=CN(C2CS(=O)(=O)C2)NN1)c1ccc(F)cc1. The molecule has 0 saturated carbocycles. The number of anilines is 3. The van der Waals surface area contributed by atoms with Gasteiger partial charge >= 0.3 is 0 Å². The zero-order valence-corrected chi connectivity index (χ0v) is 23.4. The zero-order chi connectivity index (χ0) is 30.5. The smallest absolute Gasteiger partial charge is 0.249 e. The minimum atomic E-state index is -3.11. The number of aromatic nitrogens is 2. The summed E-state index contributed by atoms with van der Waals surface area (Å²) in [5.41, 5.74) is 6.13. The Labute approximate surface area is 249 Å². The summed E-state index contributed by atoms with van der Waals surface area (Å²) in [4.78, 5) is 7.66. The van der Waals surface area contributed by atoms with Crippen LogP contribution < -0.4 is 21.6 Å². The number of hydrogen-bond donors (Lipinski definition) is 4. The van der Waals surface area contributed by atoms with Crippen molar-refractivity contribution >= 4 is 57.2 Å². The molecule has 1 saturated heterocycles. The van der Waals surface area contributed by atoms with Crippen molar-refractivity contribution in [3.63, 3.8) is 0 Å². The third-order valence-corrected chi connectivity index (χ3v) is 9.12. The quantitative estimate of drug-likeness (QED) is 0.178. The number of hydrogen-bond acceptors (Lipinski definition) is 10. The molecule has 4 heterocycles. The van der Waals surface area contributed by atoms with Crippen molar-refractivity contribution in [2.75, 3.05) is 22.1 Å². The molecule has 0 aliphatic carbocycles. The van der Waals surface area contributed by atoms with Crippen LogP contribution in [0, 0.1) is 28.9 Å². The number of benzene rings is 2. The number of sulfone groups is 1. The van der Waals surface area contributed by atoms with Crippen LogP contribution in [0.1, 0.15) is 11.1 Å². The van der Waals surface area contributed by atoms with E-state index in [4.69, 9.17) is 19.4 Å². The van der Waals surface area contributed by atoms with Gasteiger partial charge < -0.3 is 16.1 Å². The highest BCUT2D eigenvalue weighted by Crippen LogP contribution is 2.38. The van der Waals surface area contributed by atoms with E-state index in [1.807, 2.05) is 6.07 Å². The van der Waals surface area contributed by atoms with Gasteiger partial charge in [0.25, 0.3) is 0 Å². The standard InChI is InChI=1S/C27H19BClF3N8O2S/c28-27(15-1-3-16(30)4-2-15,23-11-40(39-38-23)19-12-43(41,42)13-19)37-17-5-20-24(36-18-7-22(31)26(32)35-10-18)14(8-33)9-34-25(20)21(29)6-17/h1-7,9-11,19,37-39H,12-13H2,(H,34,36). The molecule has 2 aliphatic heterocycles. The molecule has 1 fully saturated rings. The predicted octanol–water partition coefficient (Wildman–Crippen LogP) is 3.71. The normalized spacial score (nSPS) is 17.4. The molecule has 16 heteroatoms. The lowest BCUT2D eigenvalue weighted by Gasteiger charge is -2.34. The van der Waals surface area contributed by atoms with E-state index in [1.165, 1.54) is 30.5 Å². The van der Waals surface area contributed by atoms with E-state index in [2.05, 4.69) is 31.6 Å². The van der Waals surface area contributed by atoms with Gasteiger partial charge in [0.1, 0.15) is 19.7 Å². The van der Waals surface area contributed by atoms with Crippen LogP contribution in [0.5, 0.6) is 0 Å². The Morgan fingerprint density at radius 2 is 1.84 bits per heavy atom. The summed E-state index contributed by atoms with van der Waals surface area (Å²) in [5.74, 6) is -3.02. The van der Waals surface area contributed by atoms with Crippen molar-refractivity contribution in [3.05, 3.63) is 100 Å². The number of fused-ring (bicyclic) bond motifs is 1. The number of rotatable bonds is 7. The summed E-state index contributed by atoms with van der Waals surface area (Å²) < 4.78 is 64.7. The van der Waals surface area contributed by atoms with Gasteiger partial charge in [-0.15, -0.1) is 5.53 Å². The molecule has 4 aromatic rings. The Morgan fingerprint density at radius 3 is 2.51 bits per heavy atom. The van der Waals surface area contributed by atoms with Gasteiger partial charge in [-0.3, -0.25) is 9.99 Å². The maximum atomic E-state index is 13.9. The summed E-state index contributed by atoms with van der Waals surface area (Å²) in [6.45, 7) is 0. The maximum Gasteiger partial charge on any atom is 0.249 e. The molecule has 2 aromatic carbocycles. The first-order valence-corrected chi connectivity index (χ1v) is 14.8. The third-order valence-electron chi connectivity index (χ3n) is 7.05. The largest absolute Gasteiger partial charge is 0.378 e. The summed E-state index contributed by atoms with van der Waals surface area (Å²) in [7, 11) is 3.85. The second kappa shape index (κ2) is 10.6. The topological polar surface area (TPSA) is 135 Å². The van der Waals surface area contributed by atoms with Crippen LogP contribution in [0.3, 0.4) is 0 Å². The van der Waals surface area contributed by atoms with Gasteiger partial charge in [-0.2, -0.15) is 9.65 Å². The van der Waals surface area contributed by atoms with E-state index < -0.39 is 32.9 Å². The number of nitrogens with zero attached hydrogens (tertiary/aromatic N) is 4. The Kier molecular flexibility index (Phi) is 7.08. The molecule has 1 atom stereocenters. The van der Waals surface area contributed by atoms with Crippen molar-refractivity contribution in [1.29, 1.82) is 5.26 Å². The second-order valence-corrected chi connectivity index (χ2v) is 12.6. The average Bonchev–Trinajstić information content (AvgIpc) is 3.45. The first-order chi connectivity index (χ1) is 20.5. The molecule has 4 N–H and O–H groups in total. The van der Waals surface area contributed by atoms with Crippen molar-refractivity contribution in [1.82, 2.24) is 25.9 Å². The van der Waals surface area contributed by atoms with Gasteiger partial charge in [0.05, 0.1) is 62.4 Å². The van der Waals surface area contributed by atoms with Gasteiger partial charge in [0, 0.05) is 29.5 Å². The van der Waals surface area contributed by atoms with Crippen LogP contribution in [-0.4, -0.2) is 48.8 Å². The molecule has 6 rings (SSSR count). The molecule has 2 radical (unpaired) electrons. The number of halogens is 4. The van der Waals surface area contributed by atoms with Crippen LogP contribution in [0.2, 0.25) is 5.02 Å². The minimum absolute atomic E-state index is 0.0369. The molecule has 2 aliphatic rings. The highest BCUT2D eigenvalue weighted by molar-refractivity contribution is 7.92. The fourth-order valence-corrected chi connectivity index (χ4v) is 6.51. The van der Waals surface area contributed by atoms with Crippen LogP contribution in [0.25, 0.3) is 10.9 Å². The molecular weight excluding hydrogens is 604 g/mol. The minimum Gasteiger partial charge on any atom is -0.378 e. The van der Waals surface area contributed by atoms with Crippen molar-refractivity contribution in [2.24, 2.45) is 0 Å². The highest BCUT2D eigenvalue weighted by Gasteiger charge is 2.41. The van der Waals surface area contributed by atoms with E-state index in [9.17, 15) is 26.9 Å². The first kappa shape index (κ1) is 28.6. The van der Waals surface area contributed by atoms with Crippen molar-refractivity contribution in [2.45, 2.75) is 11.5 Å². The van der Waals surface area contributed by atoms with Gasteiger partial charge in [-0.25, -0.2) is 22.2 Å². The number of nitriles is 1. The number of nitrogens with one attached hydrogen (secondary N) is 4. The van der Waals surface area contributed by atoms with Gasteiger partial charge in [0.15, 0.2) is 15.7 Å². The van der Waals surface area contributed by atoms with Crippen LogP contribution in [0.15, 0.2) is 66.8 Å². The van der Waals surface area contributed by atoms with Gasteiger partial charge in [-0.05, 0) is 29.8 Å². The third kappa shape index (κ3) is 5.40. The van der Waals surface area contributed by atoms with E-state index in [0.29, 0.717) is 27.9 Å². The lowest BCUT2D eigenvalue weighted by molar-refractivity contribution is 0.212. The molecule has 216 valence electrons. The molecule has 43 heavy (non-hydrogen) atoms. The predicted molar refractivity (Wildman–Crippen MR) is 155 cm³/mol. The van der Waals surface area contributed by atoms with E-state index in [1.54, 1.807) is 23.3 Å². The maximum absolute atomic E-state index is 13.9. The van der Waals surface area contributed by atoms with E-state index >= 15 is 0 Å². The second-order valence-electron chi connectivity index (χ2n) is 9.99. The molecule has 10 nitrogen and oxygen atoms in total. The first-order valence-electron chi connectivity index (χ1n) is 12.6. The summed E-state index contributed by atoms with van der Waals surface area (Å²) >= 11 is 6.62.